The Balaban J connectivity index is 1.65. The van der Waals surface area contributed by atoms with Crippen LogP contribution >= 0.6 is 11.8 Å². The first-order valence-corrected chi connectivity index (χ1v) is 11.0. The number of pyridine rings is 1. The number of hydrogen-bond donors (Lipinski definition) is 1. The number of aryl methyl sites for hydroxylation is 1. The van der Waals surface area contributed by atoms with E-state index in [9.17, 15) is 4.79 Å². The second-order valence-electron chi connectivity index (χ2n) is 7.23. The van der Waals surface area contributed by atoms with E-state index in [1.165, 1.54) is 5.56 Å². The van der Waals surface area contributed by atoms with Crippen LogP contribution in [0.1, 0.15) is 41.4 Å². The van der Waals surface area contributed by atoms with E-state index in [1.807, 2.05) is 67.6 Å². The highest BCUT2D eigenvalue weighted by Crippen LogP contribution is 2.30. The van der Waals surface area contributed by atoms with Gasteiger partial charge in [0.25, 0.3) is 5.91 Å². The summed E-state index contributed by atoms with van der Waals surface area (Å²) in [5.41, 5.74) is 3.86. The van der Waals surface area contributed by atoms with Crippen molar-refractivity contribution in [1.82, 2.24) is 10.3 Å². The Morgan fingerprint density at radius 1 is 0.967 bits per heavy atom. The fourth-order valence-electron chi connectivity index (χ4n) is 3.40. The normalized spacial score (nSPS) is 11.9. The summed E-state index contributed by atoms with van der Waals surface area (Å²) in [4.78, 5) is 19.1. The first-order valence-electron chi connectivity index (χ1n) is 10.2. The van der Waals surface area contributed by atoms with Crippen LogP contribution in [-0.2, 0) is 6.42 Å². The van der Waals surface area contributed by atoms with Gasteiger partial charge in [-0.2, -0.15) is 0 Å². The van der Waals surface area contributed by atoms with Crippen molar-refractivity contribution >= 4 is 28.6 Å². The van der Waals surface area contributed by atoms with Gasteiger partial charge < -0.3 is 5.32 Å². The molecule has 3 nitrogen and oxygen atoms in total. The van der Waals surface area contributed by atoms with Crippen LogP contribution in [0.5, 0.6) is 0 Å². The van der Waals surface area contributed by atoms with Crippen molar-refractivity contribution in [3.05, 3.63) is 102 Å². The van der Waals surface area contributed by atoms with E-state index in [0.29, 0.717) is 5.56 Å². The van der Waals surface area contributed by atoms with Gasteiger partial charge in [0.2, 0.25) is 0 Å². The summed E-state index contributed by atoms with van der Waals surface area (Å²) >= 11 is 1.58. The number of amides is 1. The molecule has 4 aromatic rings. The third kappa shape index (κ3) is 4.55. The predicted octanol–water partition coefficient (Wildman–Crippen LogP) is 6.44. The van der Waals surface area contributed by atoms with Crippen molar-refractivity contribution in [2.75, 3.05) is 0 Å². The predicted molar refractivity (Wildman–Crippen MR) is 124 cm³/mol. The zero-order valence-corrected chi connectivity index (χ0v) is 17.9. The lowest BCUT2D eigenvalue weighted by molar-refractivity contribution is 0.0941. The lowest BCUT2D eigenvalue weighted by atomic mass is 10.1. The summed E-state index contributed by atoms with van der Waals surface area (Å²) in [6.07, 6.45) is 1.02. The third-order valence-corrected chi connectivity index (χ3v) is 6.06. The summed E-state index contributed by atoms with van der Waals surface area (Å²) < 4.78 is 0. The van der Waals surface area contributed by atoms with Crippen molar-refractivity contribution < 1.29 is 4.79 Å². The Hall–Kier alpha value is -3.11. The lowest BCUT2D eigenvalue weighted by Gasteiger charge is -2.16. The number of nitrogens with one attached hydrogen (secondary N) is 1. The Morgan fingerprint density at radius 3 is 2.40 bits per heavy atom. The molecule has 30 heavy (non-hydrogen) atoms. The number of carbonyl (C=O) groups is 1. The maximum atomic E-state index is 13.2. The second-order valence-corrected chi connectivity index (χ2v) is 8.32. The van der Waals surface area contributed by atoms with E-state index in [0.717, 1.165) is 32.8 Å². The van der Waals surface area contributed by atoms with Crippen LogP contribution in [0.3, 0.4) is 0 Å². The largest absolute Gasteiger partial charge is 0.345 e. The minimum Gasteiger partial charge on any atom is -0.345 e. The van der Waals surface area contributed by atoms with Crippen LogP contribution in [0.15, 0.2) is 94.9 Å². The minimum absolute atomic E-state index is 0.0803. The Bertz CT molecular complexity index is 1160. The van der Waals surface area contributed by atoms with Crippen molar-refractivity contribution in [1.29, 1.82) is 0 Å². The Kier molecular flexibility index (Phi) is 6.15. The topological polar surface area (TPSA) is 42.0 Å². The molecule has 0 spiro atoms. The summed E-state index contributed by atoms with van der Waals surface area (Å²) in [6.45, 7) is 4.15. The zero-order valence-electron chi connectivity index (χ0n) is 17.1. The Labute approximate surface area is 181 Å². The van der Waals surface area contributed by atoms with Crippen LogP contribution in [0.25, 0.3) is 10.9 Å². The molecule has 4 rings (SSSR count). The number of nitrogens with zero attached hydrogens (tertiary/aromatic N) is 1. The van der Waals surface area contributed by atoms with E-state index in [1.54, 1.807) is 11.8 Å². The number of hydrogen-bond acceptors (Lipinski definition) is 3. The first kappa shape index (κ1) is 20.2. The van der Waals surface area contributed by atoms with Crippen LogP contribution in [-0.4, -0.2) is 10.9 Å². The quantitative estimate of drug-likeness (QED) is 0.396. The molecule has 0 aliphatic rings. The monoisotopic (exact) mass is 412 g/mol. The number of benzene rings is 3. The fourth-order valence-corrected chi connectivity index (χ4v) is 4.24. The van der Waals surface area contributed by atoms with E-state index in [2.05, 4.69) is 36.5 Å². The van der Waals surface area contributed by atoms with Crippen molar-refractivity contribution in [2.24, 2.45) is 0 Å². The maximum Gasteiger partial charge on any atom is 0.252 e. The molecular weight excluding hydrogens is 388 g/mol. The highest BCUT2D eigenvalue weighted by Gasteiger charge is 2.16. The van der Waals surface area contributed by atoms with Gasteiger partial charge in [-0.1, -0.05) is 79.3 Å². The molecule has 0 fully saturated rings. The molecule has 150 valence electrons. The van der Waals surface area contributed by atoms with Crippen molar-refractivity contribution in [3.8, 4) is 0 Å². The molecule has 1 aromatic heterocycles. The molecule has 3 aromatic carbocycles. The SMILES string of the molecule is CCc1ccc(Sc2cc(C(=O)N[C@@H](C)c3ccccc3)c3ccccc3n2)cc1. The van der Waals surface area contributed by atoms with Crippen molar-refractivity contribution in [3.63, 3.8) is 0 Å². The molecular formula is C26H24N2OS. The van der Waals surface area contributed by atoms with Gasteiger partial charge in [-0.05, 0) is 48.7 Å². The standard InChI is InChI=1S/C26H24N2OS/c1-3-19-13-15-21(16-14-19)30-25-17-23(22-11-7-8-12-24(22)28-25)26(29)27-18(2)20-9-5-4-6-10-20/h4-18H,3H2,1-2H3,(H,27,29)/t18-/m0/s1. The molecule has 1 heterocycles. The lowest BCUT2D eigenvalue weighted by Crippen LogP contribution is -2.27. The van der Waals surface area contributed by atoms with Crippen LogP contribution < -0.4 is 5.32 Å². The van der Waals surface area contributed by atoms with Crippen LogP contribution in [0.2, 0.25) is 0 Å². The number of carbonyl (C=O) groups excluding carboxylic acids is 1. The van der Waals surface area contributed by atoms with Crippen molar-refractivity contribution in [2.45, 2.75) is 36.2 Å². The molecule has 0 aliphatic carbocycles. The van der Waals surface area contributed by atoms with Gasteiger partial charge in [0.05, 0.1) is 17.1 Å². The second kappa shape index (κ2) is 9.14. The molecule has 1 N–H and O–H groups in total. The van der Waals surface area contributed by atoms with Gasteiger partial charge in [0, 0.05) is 10.3 Å². The molecule has 0 radical (unpaired) electrons. The highest BCUT2D eigenvalue weighted by molar-refractivity contribution is 7.99. The zero-order chi connectivity index (χ0) is 20.9. The van der Waals surface area contributed by atoms with Crippen LogP contribution in [0, 0.1) is 0 Å². The van der Waals surface area contributed by atoms with Gasteiger partial charge in [-0.15, -0.1) is 0 Å². The minimum atomic E-state index is -0.0897. The molecule has 0 unspecified atom stereocenters. The number of para-hydroxylation sites is 1. The van der Waals surface area contributed by atoms with Gasteiger partial charge in [-0.25, -0.2) is 4.98 Å². The number of fused-ring (bicyclic) bond motifs is 1. The number of aromatic nitrogens is 1. The van der Waals surface area contributed by atoms with E-state index in [4.69, 9.17) is 4.98 Å². The smallest absolute Gasteiger partial charge is 0.252 e. The summed E-state index contributed by atoms with van der Waals surface area (Å²) in [7, 11) is 0. The van der Waals surface area contributed by atoms with E-state index >= 15 is 0 Å². The molecule has 1 amide bonds. The van der Waals surface area contributed by atoms with Gasteiger partial charge in [0.15, 0.2) is 0 Å². The third-order valence-electron chi connectivity index (χ3n) is 5.14. The molecule has 0 saturated heterocycles. The van der Waals surface area contributed by atoms with Gasteiger partial charge in [-0.3, -0.25) is 4.79 Å². The maximum absolute atomic E-state index is 13.2. The first-order chi connectivity index (χ1) is 14.6. The number of rotatable bonds is 6. The average Bonchev–Trinajstić information content (AvgIpc) is 2.79. The molecule has 0 bridgehead atoms. The highest BCUT2D eigenvalue weighted by atomic mass is 32.2. The van der Waals surface area contributed by atoms with E-state index < -0.39 is 0 Å². The van der Waals surface area contributed by atoms with E-state index in [-0.39, 0.29) is 11.9 Å². The molecule has 0 aliphatic heterocycles. The summed E-state index contributed by atoms with van der Waals surface area (Å²) in [5.74, 6) is -0.0897. The van der Waals surface area contributed by atoms with Crippen LogP contribution in [0.4, 0.5) is 0 Å². The van der Waals surface area contributed by atoms with Gasteiger partial charge >= 0.3 is 0 Å². The fraction of sp³-hybridized carbons (Fsp3) is 0.154. The summed E-state index contributed by atoms with van der Waals surface area (Å²) in [6, 6.07) is 28.1. The Morgan fingerprint density at radius 2 is 1.67 bits per heavy atom. The molecule has 1 atom stereocenters. The average molecular weight is 413 g/mol. The molecule has 0 saturated carbocycles. The summed E-state index contributed by atoms with van der Waals surface area (Å²) in [5, 5.41) is 4.81. The molecule has 4 heteroatoms. The van der Waals surface area contributed by atoms with Gasteiger partial charge in [0.1, 0.15) is 5.03 Å².